The first kappa shape index (κ1) is 12.7. The number of amides is 1. The molecule has 1 amide bonds. The maximum Gasteiger partial charge on any atom is 0.240 e. The number of hydrogen-bond donors (Lipinski definition) is 1. The highest BCUT2D eigenvalue weighted by Gasteiger charge is 2.17. The Hall–Kier alpha value is -2.28. The highest BCUT2D eigenvalue weighted by Crippen LogP contribution is 2.19. The highest BCUT2D eigenvalue weighted by molar-refractivity contribution is 5.84. The van der Waals surface area contributed by atoms with E-state index in [1.165, 1.54) is 12.8 Å². The van der Waals surface area contributed by atoms with Crippen LogP contribution in [0, 0.1) is 11.3 Å². The fourth-order valence-corrected chi connectivity index (χ4v) is 2.89. The molecule has 0 unspecified atom stereocenters. The van der Waals surface area contributed by atoms with Gasteiger partial charge in [0.05, 0.1) is 11.6 Å². The second-order valence-electron chi connectivity index (χ2n) is 5.38. The molecule has 1 aliphatic carbocycles. The summed E-state index contributed by atoms with van der Waals surface area (Å²) in [5.74, 6) is 0.0526. The van der Waals surface area contributed by atoms with Crippen LogP contribution >= 0.6 is 0 Å². The van der Waals surface area contributed by atoms with E-state index in [9.17, 15) is 4.79 Å². The molecule has 102 valence electrons. The number of rotatable bonds is 3. The van der Waals surface area contributed by atoms with Crippen molar-refractivity contribution < 1.29 is 4.79 Å². The molecule has 1 aromatic heterocycles. The minimum Gasteiger partial charge on any atom is -0.352 e. The van der Waals surface area contributed by atoms with Gasteiger partial charge in [-0.05, 0) is 36.4 Å². The number of carbonyl (C=O) groups excluding carboxylic acids is 1. The van der Waals surface area contributed by atoms with E-state index in [1.807, 2.05) is 29.0 Å². The predicted molar refractivity (Wildman–Crippen MR) is 77.1 cm³/mol. The number of aromatic nitrogens is 1. The van der Waals surface area contributed by atoms with Gasteiger partial charge in [0.2, 0.25) is 5.91 Å². The molecule has 2 aromatic rings. The third-order valence-corrected chi connectivity index (χ3v) is 3.94. The van der Waals surface area contributed by atoms with Crippen LogP contribution < -0.4 is 5.32 Å². The zero-order valence-electron chi connectivity index (χ0n) is 11.3. The van der Waals surface area contributed by atoms with E-state index in [-0.39, 0.29) is 5.91 Å². The number of nitrogens with zero attached hydrogens (tertiary/aromatic N) is 2. The van der Waals surface area contributed by atoms with Crippen molar-refractivity contribution in [3.05, 3.63) is 36.0 Å². The molecule has 0 spiro atoms. The summed E-state index contributed by atoms with van der Waals surface area (Å²) in [5, 5.41) is 13.1. The lowest BCUT2D eigenvalue weighted by molar-refractivity contribution is -0.122. The van der Waals surface area contributed by atoms with Crippen LogP contribution in [0.2, 0.25) is 0 Å². The third kappa shape index (κ3) is 2.53. The summed E-state index contributed by atoms with van der Waals surface area (Å²) in [5.41, 5.74) is 1.55. The molecular formula is C16H17N3O. The summed E-state index contributed by atoms with van der Waals surface area (Å²) in [6.45, 7) is 0.314. The Balaban J connectivity index is 1.76. The minimum atomic E-state index is 0.0526. The van der Waals surface area contributed by atoms with Gasteiger partial charge < -0.3 is 9.88 Å². The Kier molecular flexibility index (Phi) is 3.42. The van der Waals surface area contributed by atoms with Crippen LogP contribution in [0.3, 0.4) is 0 Å². The molecule has 0 aliphatic heterocycles. The van der Waals surface area contributed by atoms with Crippen LogP contribution in [-0.2, 0) is 11.3 Å². The molecule has 1 fully saturated rings. The smallest absolute Gasteiger partial charge is 0.240 e. The zero-order chi connectivity index (χ0) is 13.9. The van der Waals surface area contributed by atoms with Gasteiger partial charge in [-0.2, -0.15) is 5.26 Å². The quantitative estimate of drug-likeness (QED) is 0.929. The van der Waals surface area contributed by atoms with E-state index in [1.54, 1.807) is 6.07 Å². The van der Waals surface area contributed by atoms with Gasteiger partial charge in [0.15, 0.2) is 0 Å². The van der Waals surface area contributed by atoms with Crippen molar-refractivity contribution >= 4 is 16.8 Å². The molecule has 1 heterocycles. The molecule has 1 aliphatic rings. The normalized spacial score (nSPS) is 15.3. The van der Waals surface area contributed by atoms with Gasteiger partial charge in [-0.1, -0.05) is 18.9 Å². The van der Waals surface area contributed by atoms with E-state index in [2.05, 4.69) is 11.4 Å². The fraction of sp³-hybridized carbons (Fsp3) is 0.375. The van der Waals surface area contributed by atoms with Gasteiger partial charge in [0, 0.05) is 17.8 Å². The van der Waals surface area contributed by atoms with E-state index < -0.39 is 0 Å². The minimum absolute atomic E-state index is 0.0526. The molecule has 1 N–H and O–H groups in total. The summed E-state index contributed by atoms with van der Waals surface area (Å²) < 4.78 is 1.90. The van der Waals surface area contributed by atoms with E-state index in [4.69, 9.17) is 5.26 Å². The van der Waals surface area contributed by atoms with Gasteiger partial charge in [0.1, 0.15) is 6.54 Å². The summed E-state index contributed by atoms with van der Waals surface area (Å²) in [6, 6.07) is 10.00. The highest BCUT2D eigenvalue weighted by atomic mass is 16.2. The number of nitriles is 1. The van der Waals surface area contributed by atoms with E-state index in [0.717, 1.165) is 23.7 Å². The van der Waals surface area contributed by atoms with E-state index >= 15 is 0 Å². The second-order valence-corrected chi connectivity index (χ2v) is 5.38. The van der Waals surface area contributed by atoms with Crippen molar-refractivity contribution in [3.8, 4) is 6.07 Å². The van der Waals surface area contributed by atoms with Crippen molar-refractivity contribution in [2.24, 2.45) is 0 Å². The van der Waals surface area contributed by atoms with Crippen molar-refractivity contribution in [2.75, 3.05) is 0 Å². The number of fused-ring (bicyclic) bond motifs is 1. The maximum atomic E-state index is 12.1. The Bertz CT molecular complexity index is 675. The van der Waals surface area contributed by atoms with Crippen LogP contribution in [0.5, 0.6) is 0 Å². The predicted octanol–water partition coefficient (Wildman–Crippen LogP) is 2.57. The molecule has 0 radical (unpaired) electrons. The lowest BCUT2D eigenvalue weighted by Gasteiger charge is -2.12. The van der Waals surface area contributed by atoms with Crippen LogP contribution in [0.15, 0.2) is 30.5 Å². The van der Waals surface area contributed by atoms with Gasteiger partial charge in [0.25, 0.3) is 0 Å². The number of benzene rings is 1. The third-order valence-electron chi connectivity index (χ3n) is 3.94. The molecule has 1 aromatic carbocycles. The largest absolute Gasteiger partial charge is 0.352 e. The van der Waals surface area contributed by atoms with Gasteiger partial charge in [-0.15, -0.1) is 0 Å². The summed E-state index contributed by atoms with van der Waals surface area (Å²) in [6.07, 6.45) is 6.51. The average molecular weight is 267 g/mol. The first-order valence-electron chi connectivity index (χ1n) is 7.04. The molecule has 1 saturated carbocycles. The van der Waals surface area contributed by atoms with Crippen LogP contribution in [0.4, 0.5) is 0 Å². The number of hydrogen-bond acceptors (Lipinski definition) is 2. The molecule has 3 rings (SSSR count). The standard InChI is InChI=1S/C16H17N3O/c17-10-12-5-6-13-7-8-19(15(13)9-12)11-16(20)18-14-3-1-2-4-14/h5-9,14H,1-4,11H2,(H,18,20). The van der Waals surface area contributed by atoms with Crippen LogP contribution in [-0.4, -0.2) is 16.5 Å². The van der Waals surface area contributed by atoms with Gasteiger partial charge in [-0.3, -0.25) is 4.79 Å². The van der Waals surface area contributed by atoms with E-state index in [0.29, 0.717) is 18.2 Å². The second kappa shape index (κ2) is 5.38. The Morgan fingerprint density at radius 1 is 1.35 bits per heavy atom. The zero-order valence-corrected chi connectivity index (χ0v) is 11.3. The summed E-state index contributed by atoms with van der Waals surface area (Å²) >= 11 is 0. The summed E-state index contributed by atoms with van der Waals surface area (Å²) in [7, 11) is 0. The van der Waals surface area contributed by atoms with Crippen molar-refractivity contribution in [3.63, 3.8) is 0 Å². The van der Waals surface area contributed by atoms with Crippen LogP contribution in [0.25, 0.3) is 10.9 Å². The van der Waals surface area contributed by atoms with Gasteiger partial charge in [-0.25, -0.2) is 0 Å². The Morgan fingerprint density at radius 3 is 2.90 bits per heavy atom. The molecule has 0 saturated heterocycles. The lowest BCUT2D eigenvalue weighted by Crippen LogP contribution is -2.35. The average Bonchev–Trinajstić information content (AvgIpc) is 3.08. The Morgan fingerprint density at radius 2 is 2.15 bits per heavy atom. The number of carbonyl (C=O) groups is 1. The summed E-state index contributed by atoms with van der Waals surface area (Å²) in [4.78, 5) is 12.1. The molecule has 0 atom stereocenters. The topological polar surface area (TPSA) is 57.8 Å². The first-order chi connectivity index (χ1) is 9.76. The number of nitrogens with one attached hydrogen (secondary N) is 1. The lowest BCUT2D eigenvalue weighted by atomic mass is 10.2. The van der Waals surface area contributed by atoms with Crippen molar-refractivity contribution in [1.29, 1.82) is 5.26 Å². The maximum absolute atomic E-state index is 12.1. The molecule has 0 bridgehead atoms. The van der Waals surface area contributed by atoms with Crippen molar-refractivity contribution in [2.45, 2.75) is 38.3 Å². The molecule has 4 heteroatoms. The van der Waals surface area contributed by atoms with Gasteiger partial charge >= 0.3 is 0 Å². The first-order valence-corrected chi connectivity index (χ1v) is 7.04. The SMILES string of the molecule is N#Cc1ccc2ccn(CC(=O)NC3CCCC3)c2c1. The molecule has 20 heavy (non-hydrogen) atoms. The van der Waals surface area contributed by atoms with Crippen molar-refractivity contribution in [1.82, 2.24) is 9.88 Å². The monoisotopic (exact) mass is 267 g/mol. The fourth-order valence-electron chi connectivity index (χ4n) is 2.89. The Labute approximate surface area is 118 Å². The molecular weight excluding hydrogens is 250 g/mol. The van der Waals surface area contributed by atoms with Crippen LogP contribution in [0.1, 0.15) is 31.2 Å². The molecule has 4 nitrogen and oxygen atoms in total.